The predicted octanol–water partition coefficient (Wildman–Crippen LogP) is 3.20. The second-order valence-electron chi connectivity index (χ2n) is 4.91. The van der Waals surface area contributed by atoms with Gasteiger partial charge < -0.3 is 0 Å². The van der Waals surface area contributed by atoms with Crippen molar-refractivity contribution in [3.8, 4) is 0 Å². The Kier molecular flexibility index (Phi) is 4.65. The summed E-state index contributed by atoms with van der Waals surface area (Å²) >= 11 is 11.7. The number of hydrogen-bond donors (Lipinski definition) is 2. The lowest BCUT2D eigenvalue weighted by Crippen LogP contribution is -2.43. The Morgan fingerprint density at radius 1 is 1.10 bits per heavy atom. The number of carbonyl (C=O) groups excluding carboxylic acids is 1. The first-order valence-corrected chi connectivity index (χ1v) is 6.96. The lowest BCUT2D eigenvalue weighted by molar-refractivity contribution is -0.125. The molecule has 0 unspecified atom stereocenters. The molecular formula is C14H14Cl2N4O. The van der Waals surface area contributed by atoms with Gasteiger partial charge in [-0.1, -0.05) is 35.3 Å². The van der Waals surface area contributed by atoms with Crippen LogP contribution in [-0.2, 0) is 10.2 Å². The minimum Gasteiger partial charge on any atom is -0.279 e. The molecule has 1 aromatic carbocycles. The van der Waals surface area contributed by atoms with Crippen LogP contribution in [0.2, 0.25) is 10.2 Å². The van der Waals surface area contributed by atoms with Crippen LogP contribution in [0, 0.1) is 0 Å². The van der Waals surface area contributed by atoms with Crippen LogP contribution < -0.4 is 10.9 Å². The summed E-state index contributed by atoms with van der Waals surface area (Å²) in [5, 5.41) is 0.807. The maximum Gasteiger partial charge on any atom is 0.248 e. The van der Waals surface area contributed by atoms with Crippen molar-refractivity contribution in [2.45, 2.75) is 19.3 Å². The highest BCUT2D eigenvalue weighted by atomic mass is 35.5. The molecule has 21 heavy (non-hydrogen) atoms. The molecule has 0 radical (unpaired) electrons. The van der Waals surface area contributed by atoms with Gasteiger partial charge in [0, 0.05) is 17.4 Å². The summed E-state index contributed by atoms with van der Waals surface area (Å²) in [5.41, 5.74) is 5.35. The van der Waals surface area contributed by atoms with E-state index >= 15 is 0 Å². The van der Waals surface area contributed by atoms with Crippen LogP contribution in [0.25, 0.3) is 0 Å². The van der Waals surface area contributed by atoms with Crippen LogP contribution in [0.15, 0.2) is 36.7 Å². The molecular weight excluding hydrogens is 311 g/mol. The minimum atomic E-state index is -0.744. The zero-order valence-corrected chi connectivity index (χ0v) is 13.0. The Morgan fingerprint density at radius 3 is 2.33 bits per heavy atom. The zero-order chi connectivity index (χ0) is 15.5. The van der Waals surface area contributed by atoms with E-state index in [0.717, 1.165) is 5.56 Å². The summed E-state index contributed by atoms with van der Waals surface area (Å²) < 4.78 is 0. The standard InChI is InChI=1S/C14H14Cl2N4O/c1-14(2,9-3-5-10(15)6-4-9)13(21)20-19-12-11(16)17-7-8-18-12/h3-8H,1-2H3,(H,18,19)(H,20,21). The number of hydrazine groups is 1. The number of nitrogens with zero attached hydrogens (tertiary/aromatic N) is 2. The molecule has 0 spiro atoms. The van der Waals surface area contributed by atoms with Gasteiger partial charge >= 0.3 is 0 Å². The molecule has 2 rings (SSSR count). The highest BCUT2D eigenvalue weighted by molar-refractivity contribution is 6.31. The van der Waals surface area contributed by atoms with Crippen molar-refractivity contribution in [1.29, 1.82) is 0 Å². The fourth-order valence-corrected chi connectivity index (χ4v) is 1.95. The number of carbonyl (C=O) groups is 1. The number of benzene rings is 1. The van der Waals surface area contributed by atoms with E-state index in [9.17, 15) is 4.79 Å². The number of halogens is 2. The van der Waals surface area contributed by atoms with Crippen molar-refractivity contribution >= 4 is 34.9 Å². The SMILES string of the molecule is CC(C)(C(=O)NNc1nccnc1Cl)c1ccc(Cl)cc1. The maximum absolute atomic E-state index is 12.3. The van der Waals surface area contributed by atoms with Gasteiger partial charge in [-0.15, -0.1) is 0 Å². The molecule has 1 aromatic heterocycles. The van der Waals surface area contributed by atoms with E-state index in [1.807, 2.05) is 26.0 Å². The van der Waals surface area contributed by atoms with E-state index in [2.05, 4.69) is 20.8 Å². The Hall–Kier alpha value is -1.85. The van der Waals surface area contributed by atoms with E-state index in [0.29, 0.717) is 10.8 Å². The maximum atomic E-state index is 12.3. The highest BCUT2D eigenvalue weighted by Crippen LogP contribution is 2.25. The Labute approximate surface area is 132 Å². The van der Waals surface area contributed by atoms with Crippen molar-refractivity contribution in [2.24, 2.45) is 0 Å². The molecule has 0 fully saturated rings. The van der Waals surface area contributed by atoms with Crippen LogP contribution in [0.4, 0.5) is 5.82 Å². The van der Waals surface area contributed by atoms with E-state index in [-0.39, 0.29) is 11.1 Å². The Balaban J connectivity index is 2.08. The first-order valence-electron chi connectivity index (χ1n) is 6.20. The monoisotopic (exact) mass is 324 g/mol. The van der Waals surface area contributed by atoms with E-state index in [1.54, 1.807) is 12.1 Å². The molecule has 0 aliphatic rings. The van der Waals surface area contributed by atoms with Gasteiger partial charge in [-0.2, -0.15) is 0 Å². The highest BCUT2D eigenvalue weighted by Gasteiger charge is 2.29. The van der Waals surface area contributed by atoms with E-state index < -0.39 is 5.41 Å². The summed E-state index contributed by atoms with van der Waals surface area (Å²) in [7, 11) is 0. The quantitative estimate of drug-likeness (QED) is 0.847. The third-order valence-corrected chi connectivity index (χ3v) is 3.61. The number of anilines is 1. The van der Waals surface area contributed by atoms with Gasteiger partial charge in [-0.3, -0.25) is 15.6 Å². The Bertz CT molecular complexity index is 644. The molecule has 1 amide bonds. The molecule has 2 aromatic rings. The van der Waals surface area contributed by atoms with Crippen LogP contribution in [0.5, 0.6) is 0 Å². The lowest BCUT2D eigenvalue weighted by atomic mass is 9.84. The van der Waals surface area contributed by atoms with Gasteiger partial charge in [0.15, 0.2) is 11.0 Å². The number of nitrogens with one attached hydrogen (secondary N) is 2. The number of aromatic nitrogens is 2. The molecule has 7 heteroatoms. The molecule has 5 nitrogen and oxygen atoms in total. The fraction of sp³-hybridized carbons (Fsp3) is 0.214. The first-order chi connectivity index (χ1) is 9.91. The van der Waals surface area contributed by atoms with Gasteiger partial charge in [-0.05, 0) is 31.5 Å². The largest absolute Gasteiger partial charge is 0.279 e. The van der Waals surface area contributed by atoms with Crippen molar-refractivity contribution in [2.75, 3.05) is 5.43 Å². The van der Waals surface area contributed by atoms with Crippen LogP contribution in [0.1, 0.15) is 19.4 Å². The molecule has 0 saturated carbocycles. The van der Waals surface area contributed by atoms with Gasteiger partial charge in [0.25, 0.3) is 0 Å². The predicted molar refractivity (Wildman–Crippen MR) is 83.3 cm³/mol. The average molecular weight is 325 g/mol. The number of hydrogen-bond acceptors (Lipinski definition) is 4. The molecule has 2 N–H and O–H groups in total. The smallest absolute Gasteiger partial charge is 0.248 e. The molecule has 0 bridgehead atoms. The van der Waals surface area contributed by atoms with E-state index in [1.165, 1.54) is 12.4 Å². The topological polar surface area (TPSA) is 66.9 Å². The third kappa shape index (κ3) is 3.62. The lowest BCUT2D eigenvalue weighted by Gasteiger charge is -2.24. The molecule has 110 valence electrons. The Morgan fingerprint density at radius 2 is 1.71 bits per heavy atom. The average Bonchev–Trinajstić information content (AvgIpc) is 2.46. The summed E-state index contributed by atoms with van der Waals surface area (Å²) in [6.45, 7) is 3.62. The van der Waals surface area contributed by atoms with Gasteiger partial charge in [-0.25, -0.2) is 9.97 Å². The number of amides is 1. The molecule has 1 heterocycles. The summed E-state index contributed by atoms with van der Waals surface area (Å²) in [6.07, 6.45) is 2.94. The summed E-state index contributed by atoms with van der Waals surface area (Å²) in [6, 6.07) is 7.13. The zero-order valence-electron chi connectivity index (χ0n) is 11.5. The van der Waals surface area contributed by atoms with E-state index in [4.69, 9.17) is 23.2 Å². The summed E-state index contributed by atoms with van der Waals surface area (Å²) in [4.78, 5) is 20.2. The third-order valence-electron chi connectivity index (χ3n) is 3.08. The first kappa shape index (κ1) is 15.5. The van der Waals surface area contributed by atoms with Crippen molar-refractivity contribution < 1.29 is 4.79 Å². The normalized spacial score (nSPS) is 11.0. The molecule has 0 atom stereocenters. The van der Waals surface area contributed by atoms with Crippen molar-refractivity contribution in [3.05, 3.63) is 52.4 Å². The second kappa shape index (κ2) is 6.28. The van der Waals surface area contributed by atoms with Gasteiger partial charge in [0.05, 0.1) is 5.41 Å². The van der Waals surface area contributed by atoms with Crippen LogP contribution >= 0.6 is 23.2 Å². The number of rotatable bonds is 4. The summed E-state index contributed by atoms with van der Waals surface area (Å²) in [5.74, 6) is 0.0611. The van der Waals surface area contributed by atoms with Crippen LogP contribution in [-0.4, -0.2) is 15.9 Å². The fourth-order valence-electron chi connectivity index (χ4n) is 1.67. The molecule has 0 aliphatic carbocycles. The minimum absolute atomic E-state index is 0.182. The molecule has 0 aliphatic heterocycles. The van der Waals surface area contributed by atoms with Crippen LogP contribution in [0.3, 0.4) is 0 Å². The van der Waals surface area contributed by atoms with Crippen molar-refractivity contribution in [3.63, 3.8) is 0 Å². The second-order valence-corrected chi connectivity index (χ2v) is 5.70. The molecule has 0 saturated heterocycles. The van der Waals surface area contributed by atoms with Crippen molar-refractivity contribution in [1.82, 2.24) is 15.4 Å². The van der Waals surface area contributed by atoms with Gasteiger partial charge in [0.1, 0.15) is 0 Å². The van der Waals surface area contributed by atoms with Gasteiger partial charge in [0.2, 0.25) is 5.91 Å².